The van der Waals surface area contributed by atoms with Gasteiger partial charge >= 0.3 is 12.1 Å². The van der Waals surface area contributed by atoms with E-state index in [1.807, 2.05) is 0 Å². The third-order valence-corrected chi connectivity index (χ3v) is 4.40. The monoisotopic (exact) mass is 458 g/mol. The molecule has 0 bridgehead atoms. The number of allylic oxidation sites excluding steroid dienone is 2. The van der Waals surface area contributed by atoms with E-state index in [0.717, 1.165) is 11.6 Å². The summed E-state index contributed by atoms with van der Waals surface area (Å²) in [5.41, 5.74) is -0.579. The third-order valence-electron chi connectivity index (χ3n) is 4.15. The van der Waals surface area contributed by atoms with Gasteiger partial charge in [0.25, 0.3) is 5.56 Å². The number of rotatable bonds is 8. The van der Waals surface area contributed by atoms with Crippen molar-refractivity contribution in [1.82, 2.24) is 9.55 Å². The van der Waals surface area contributed by atoms with Gasteiger partial charge in [0.05, 0.1) is 0 Å². The van der Waals surface area contributed by atoms with E-state index < -0.39 is 23.4 Å². The van der Waals surface area contributed by atoms with E-state index in [1.54, 1.807) is 31.2 Å². The van der Waals surface area contributed by atoms with E-state index in [0.29, 0.717) is 11.4 Å². The SMILES string of the molecule is CC/C=C(\C=C/N(Cc1ccc(Cl)cc1)c1c(NC)n(C)c(=O)[nH]c1=O)OC(F)(F)F. The first-order valence-corrected chi connectivity index (χ1v) is 9.59. The van der Waals surface area contributed by atoms with Gasteiger partial charge in [-0.25, -0.2) is 4.79 Å². The van der Waals surface area contributed by atoms with Crippen molar-refractivity contribution in [2.24, 2.45) is 7.05 Å². The zero-order valence-electron chi connectivity index (χ0n) is 17.1. The molecule has 0 unspecified atom stereocenters. The molecule has 2 rings (SSSR count). The Labute approximate surface area is 181 Å². The molecule has 7 nitrogen and oxygen atoms in total. The number of halogens is 4. The Morgan fingerprint density at radius 2 is 1.94 bits per heavy atom. The minimum absolute atomic E-state index is 0.0404. The van der Waals surface area contributed by atoms with Crippen LogP contribution in [0.1, 0.15) is 18.9 Å². The maximum absolute atomic E-state index is 12.7. The van der Waals surface area contributed by atoms with Gasteiger partial charge in [0, 0.05) is 31.9 Å². The molecule has 0 spiro atoms. The Morgan fingerprint density at radius 3 is 2.48 bits per heavy atom. The van der Waals surface area contributed by atoms with E-state index in [2.05, 4.69) is 15.0 Å². The fourth-order valence-electron chi connectivity index (χ4n) is 2.80. The fraction of sp³-hybridized carbons (Fsp3) is 0.300. The zero-order valence-corrected chi connectivity index (χ0v) is 17.8. The molecule has 168 valence electrons. The quantitative estimate of drug-likeness (QED) is 0.459. The number of alkyl halides is 3. The number of aromatic amines is 1. The first kappa shape index (κ1) is 24.1. The maximum Gasteiger partial charge on any atom is 0.573 e. The summed E-state index contributed by atoms with van der Waals surface area (Å²) in [5.74, 6) is -0.242. The zero-order chi connectivity index (χ0) is 23.2. The van der Waals surface area contributed by atoms with Crippen molar-refractivity contribution in [1.29, 1.82) is 0 Å². The lowest BCUT2D eigenvalue weighted by Gasteiger charge is -2.24. The second-order valence-electron chi connectivity index (χ2n) is 6.40. The summed E-state index contributed by atoms with van der Waals surface area (Å²) < 4.78 is 43.4. The van der Waals surface area contributed by atoms with Gasteiger partial charge in [0.2, 0.25) is 0 Å². The first-order chi connectivity index (χ1) is 14.6. The third kappa shape index (κ3) is 6.68. The van der Waals surface area contributed by atoms with E-state index in [1.165, 1.54) is 35.8 Å². The summed E-state index contributed by atoms with van der Waals surface area (Å²) in [5, 5.41) is 3.30. The second kappa shape index (κ2) is 10.3. The number of aromatic nitrogens is 2. The normalized spacial score (nSPS) is 12.3. The standard InChI is InChI=1S/C20H22ClF3N4O3/c1-4-5-15(31-20(22,23)24)10-11-28(12-13-6-8-14(21)9-7-13)16-17(25-2)27(3)19(30)26-18(16)29/h5-11,25H,4,12H2,1-3H3,(H,26,29,30)/b11-10-,15-5+. The number of H-pyrrole nitrogens is 1. The fourth-order valence-corrected chi connectivity index (χ4v) is 2.92. The predicted molar refractivity (Wildman–Crippen MR) is 114 cm³/mol. The van der Waals surface area contributed by atoms with Gasteiger partial charge in [-0.1, -0.05) is 30.7 Å². The topological polar surface area (TPSA) is 79.4 Å². The lowest BCUT2D eigenvalue weighted by Crippen LogP contribution is -2.35. The Kier molecular flexibility index (Phi) is 7.98. The van der Waals surface area contributed by atoms with Crippen LogP contribution in [0.4, 0.5) is 24.7 Å². The number of ether oxygens (including phenoxy) is 1. The number of nitrogens with zero attached hydrogens (tertiary/aromatic N) is 2. The molecule has 0 amide bonds. The van der Waals surface area contributed by atoms with Gasteiger partial charge in [-0.2, -0.15) is 0 Å². The average Bonchev–Trinajstić information content (AvgIpc) is 2.68. The molecule has 31 heavy (non-hydrogen) atoms. The number of anilines is 2. The van der Waals surface area contributed by atoms with Crippen LogP contribution in [0.25, 0.3) is 0 Å². The number of nitrogens with one attached hydrogen (secondary N) is 2. The Bertz CT molecular complexity index is 1070. The Balaban J connectivity index is 2.58. The molecule has 0 fully saturated rings. The highest BCUT2D eigenvalue weighted by atomic mass is 35.5. The van der Waals surface area contributed by atoms with Gasteiger partial charge < -0.3 is 15.0 Å². The number of benzene rings is 1. The second-order valence-corrected chi connectivity index (χ2v) is 6.83. The molecular weight excluding hydrogens is 437 g/mol. The maximum atomic E-state index is 12.7. The lowest BCUT2D eigenvalue weighted by molar-refractivity contribution is -0.303. The van der Waals surface area contributed by atoms with Crippen LogP contribution in [0.3, 0.4) is 0 Å². The summed E-state index contributed by atoms with van der Waals surface area (Å²) in [7, 11) is 2.98. The molecule has 0 radical (unpaired) electrons. The summed E-state index contributed by atoms with van der Waals surface area (Å²) in [6, 6.07) is 6.73. The molecule has 1 aromatic carbocycles. The van der Waals surface area contributed by atoms with Crippen molar-refractivity contribution in [2.45, 2.75) is 26.3 Å². The van der Waals surface area contributed by atoms with Crippen LogP contribution in [0, 0.1) is 0 Å². The Hall–Kier alpha value is -3.14. The Morgan fingerprint density at radius 1 is 1.29 bits per heavy atom. The van der Waals surface area contributed by atoms with Crippen molar-refractivity contribution >= 4 is 23.1 Å². The summed E-state index contributed by atoms with van der Waals surface area (Å²) in [6.45, 7) is 1.77. The van der Waals surface area contributed by atoms with Crippen LogP contribution in [0.2, 0.25) is 5.02 Å². The van der Waals surface area contributed by atoms with Crippen LogP contribution in [-0.2, 0) is 18.3 Å². The first-order valence-electron chi connectivity index (χ1n) is 9.22. The van der Waals surface area contributed by atoms with Crippen molar-refractivity contribution in [3.63, 3.8) is 0 Å². The molecule has 0 aliphatic rings. The smallest absolute Gasteiger partial charge is 0.406 e. The molecule has 11 heteroatoms. The molecular formula is C20H22ClF3N4O3. The van der Waals surface area contributed by atoms with E-state index in [9.17, 15) is 22.8 Å². The highest BCUT2D eigenvalue weighted by Gasteiger charge is 2.31. The lowest BCUT2D eigenvalue weighted by atomic mass is 10.2. The van der Waals surface area contributed by atoms with Crippen LogP contribution in [0.15, 0.2) is 58.0 Å². The minimum Gasteiger partial charge on any atom is -0.406 e. The van der Waals surface area contributed by atoms with Crippen molar-refractivity contribution in [3.8, 4) is 0 Å². The van der Waals surface area contributed by atoms with Crippen LogP contribution in [-0.4, -0.2) is 23.0 Å². The average molecular weight is 459 g/mol. The minimum atomic E-state index is -4.86. The molecule has 0 saturated heterocycles. The summed E-state index contributed by atoms with van der Waals surface area (Å²) >= 11 is 5.91. The van der Waals surface area contributed by atoms with Gasteiger partial charge in [0.1, 0.15) is 17.3 Å². The van der Waals surface area contributed by atoms with Crippen molar-refractivity contribution < 1.29 is 17.9 Å². The van der Waals surface area contributed by atoms with Crippen LogP contribution >= 0.6 is 11.6 Å². The predicted octanol–water partition coefficient (Wildman–Crippen LogP) is 4.12. The van der Waals surface area contributed by atoms with Crippen LogP contribution < -0.4 is 21.5 Å². The van der Waals surface area contributed by atoms with Gasteiger partial charge in [-0.05, 0) is 36.3 Å². The van der Waals surface area contributed by atoms with Gasteiger partial charge in [-0.15, -0.1) is 13.2 Å². The van der Waals surface area contributed by atoms with Crippen molar-refractivity contribution in [3.05, 3.63) is 79.8 Å². The number of hydrogen-bond acceptors (Lipinski definition) is 5. The molecule has 2 N–H and O–H groups in total. The van der Waals surface area contributed by atoms with E-state index >= 15 is 0 Å². The molecule has 1 aromatic heterocycles. The summed E-state index contributed by atoms with van der Waals surface area (Å²) in [6.07, 6.45) is -0.908. The van der Waals surface area contributed by atoms with E-state index in [-0.39, 0.29) is 18.1 Å². The molecule has 0 atom stereocenters. The molecule has 0 aliphatic carbocycles. The summed E-state index contributed by atoms with van der Waals surface area (Å²) in [4.78, 5) is 28.2. The van der Waals surface area contributed by atoms with Gasteiger partial charge in [-0.3, -0.25) is 14.3 Å². The largest absolute Gasteiger partial charge is 0.573 e. The van der Waals surface area contributed by atoms with Crippen molar-refractivity contribution in [2.75, 3.05) is 17.3 Å². The van der Waals surface area contributed by atoms with E-state index in [4.69, 9.17) is 11.6 Å². The highest BCUT2D eigenvalue weighted by Crippen LogP contribution is 2.25. The molecule has 1 heterocycles. The van der Waals surface area contributed by atoms with Gasteiger partial charge in [0.15, 0.2) is 0 Å². The van der Waals surface area contributed by atoms with Crippen LogP contribution in [0.5, 0.6) is 0 Å². The molecule has 0 saturated carbocycles. The highest BCUT2D eigenvalue weighted by molar-refractivity contribution is 6.30. The molecule has 0 aliphatic heterocycles. The number of hydrogen-bond donors (Lipinski definition) is 2. The molecule has 2 aromatic rings.